The van der Waals surface area contributed by atoms with Crippen LogP contribution < -0.4 is 26.6 Å². The Morgan fingerprint density at radius 1 is 0.381 bits per heavy atom. The van der Waals surface area contributed by atoms with Gasteiger partial charge in [-0.15, -0.1) is 0 Å². The lowest BCUT2D eigenvalue weighted by Gasteiger charge is -2.48. The van der Waals surface area contributed by atoms with Crippen LogP contribution >= 0.6 is 11.8 Å². The molecule has 10 fully saturated rings. The Morgan fingerprint density at radius 2 is 0.881 bits per heavy atom. The van der Waals surface area contributed by atoms with E-state index in [0.29, 0.717) is 16.2 Å². The van der Waals surface area contributed by atoms with Crippen molar-refractivity contribution in [1.29, 1.82) is 0 Å². The van der Waals surface area contributed by atoms with Gasteiger partial charge in [0.1, 0.15) is 0 Å². The van der Waals surface area contributed by atoms with Crippen LogP contribution in [0.2, 0.25) is 0 Å². The van der Waals surface area contributed by atoms with Gasteiger partial charge >= 0.3 is 0 Å². The van der Waals surface area contributed by atoms with Crippen molar-refractivity contribution in [2.24, 2.45) is 27.1 Å². The minimum Gasteiger partial charge on any atom is -0.381 e. The van der Waals surface area contributed by atoms with E-state index in [9.17, 15) is 0 Å². The largest absolute Gasteiger partial charge is 0.381 e. The highest BCUT2D eigenvalue weighted by Gasteiger charge is 2.45. The molecular weight excluding hydrogens is 546 g/mol. The van der Waals surface area contributed by atoms with Crippen LogP contribution in [0.5, 0.6) is 0 Å². The molecule has 9 heteroatoms. The molecule has 1 aliphatic carbocycles. The lowest BCUT2D eigenvalue weighted by Crippen LogP contribution is -2.64. The maximum atomic E-state index is 5.41. The summed E-state index contributed by atoms with van der Waals surface area (Å²) in [6.45, 7) is 18.4. The zero-order valence-electron chi connectivity index (χ0n) is 26.4. The molecule has 0 radical (unpaired) electrons. The van der Waals surface area contributed by atoms with Crippen LogP contribution in [0.15, 0.2) is 0 Å². The van der Waals surface area contributed by atoms with Crippen molar-refractivity contribution in [2.45, 2.75) is 64.2 Å². The van der Waals surface area contributed by atoms with Crippen molar-refractivity contribution in [3.63, 3.8) is 0 Å². The van der Waals surface area contributed by atoms with Crippen LogP contribution in [0.1, 0.15) is 64.2 Å². The standard InChI is InChI=1S/C8H15NO.C7H13NO.C7H13NS.C6H11N.C5H9NO/c1-4-9-5-2-8(1)3-6-10-7-8;1-3-8-4-2-7(1)5-9-6-7;1-3-8-5-7(1)2-4-9-6-7;1-2-6(1)3-4-7-5-6;1-5(2-6-1)3-7-4-5/h9H,1-7H2;2*8H,1-6H2;7H,1-5H2;6H,1-4H2. The summed E-state index contributed by atoms with van der Waals surface area (Å²) in [4.78, 5) is 0. The Labute approximate surface area is 260 Å². The quantitative estimate of drug-likeness (QED) is 0.285. The SMILES string of the molecule is C1CC2(CC2)CN1.C1CC2(CCN1)CCOC2.C1CC2(CCN1)COC2.C1CC2(CCSC2)CN1.C1NCC12COC2. The summed E-state index contributed by atoms with van der Waals surface area (Å²) >= 11 is 2.13. The molecule has 1 unspecified atom stereocenters. The number of hydrogen-bond acceptors (Lipinski definition) is 9. The molecule has 8 nitrogen and oxygen atoms in total. The molecule has 242 valence electrons. The maximum absolute atomic E-state index is 5.41. The molecule has 5 spiro atoms. The predicted octanol–water partition coefficient (Wildman–Crippen LogP) is 2.63. The van der Waals surface area contributed by atoms with E-state index >= 15 is 0 Å². The lowest BCUT2D eigenvalue weighted by atomic mass is 9.77. The van der Waals surface area contributed by atoms with E-state index in [1.165, 1.54) is 141 Å². The smallest absolute Gasteiger partial charge is 0.0569 e. The third-order valence-electron chi connectivity index (χ3n) is 12.0. The van der Waals surface area contributed by atoms with Crippen LogP contribution in [0.25, 0.3) is 0 Å². The first-order valence-corrected chi connectivity index (χ1v) is 18.6. The molecule has 1 atom stereocenters. The number of thioether (sulfide) groups is 1. The highest BCUT2D eigenvalue weighted by Crippen LogP contribution is 2.50. The van der Waals surface area contributed by atoms with Gasteiger partial charge in [0.15, 0.2) is 0 Å². The second-order valence-corrected chi connectivity index (χ2v) is 16.7. The topological polar surface area (TPSA) is 87.8 Å². The fourth-order valence-electron chi connectivity index (χ4n) is 7.89. The first-order valence-electron chi connectivity index (χ1n) is 17.4. The lowest BCUT2D eigenvalue weighted by molar-refractivity contribution is -0.139. The summed E-state index contributed by atoms with van der Waals surface area (Å²) in [6, 6.07) is 0. The third kappa shape index (κ3) is 8.43. The zero-order chi connectivity index (χ0) is 28.7. The summed E-state index contributed by atoms with van der Waals surface area (Å²) in [6.07, 6.45) is 14.0. The van der Waals surface area contributed by atoms with Crippen LogP contribution in [0, 0.1) is 27.1 Å². The van der Waals surface area contributed by atoms with Crippen molar-refractivity contribution in [2.75, 3.05) is 117 Å². The summed E-state index contributed by atoms with van der Waals surface area (Å²) < 4.78 is 15.6. The van der Waals surface area contributed by atoms with E-state index in [0.717, 1.165) is 50.5 Å². The van der Waals surface area contributed by atoms with Crippen molar-refractivity contribution < 1.29 is 14.2 Å². The van der Waals surface area contributed by atoms with Gasteiger partial charge in [0, 0.05) is 49.4 Å². The first kappa shape index (κ1) is 32.0. The third-order valence-corrected chi connectivity index (χ3v) is 13.3. The molecule has 0 aromatic heterocycles. The molecule has 0 amide bonds. The van der Waals surface area contributed by atoms with Crippen LogP contribution in [0.3, 0.4) is 0 Å². The minimum absolute atomic E-state index is 0.589. The highest BCUT2D eigenvalue weighted by molar-refractivity contribution is 7.99. The summed E-state index contributed by atoms with van der Waals surface area (Å²) in [5.41, 5.74) is 3.39. The zero-order valence-corrected chi connectivity index (χ0v) is 27.2. The van der Waals surface area contributed by atoms with Gasteiger partial charge in [0.05, 0.1) is 33.0 Å². The summed E-state index contributed by atoms with van der Waals surface area (Å²) in [5, 5.41) is 16.8. The van der Waals surface area contributed by atoms with Gasteiger partial charge in [-0.2, -0.15) is 11.8 Å². The monoisotopic (exact) mass is 607 g/mol. The number of nitrogens with one attached hydrogen (secondary N) is 5. The van der Waals surface area contributed by atoms with Gasteiger partial charge < -0.3 is 40.8 Å². The predicted molar refractivity (Wildman–Crippen MR) is 172 cm³/mol. The van der Waals surface area contributed by atoms with Gasteiger partial charge in [0.2, 0.25) is 0 Å². The number of rotatable bonds is 0. The molecule has 10 aliphatic rings. The van der Waals surface area contributed by atoms with E-state index in [4.69, 9.17) is 14.2 Å². The summed E-state index contributed by atoms with van der Waals surface area (Å²) in [7, 11) is 0. The molecule has 9 heterocycles. The van der Waals surface area contributed by atoms with Crippen molar-refractivity contribution in [1.82, 2.24) is 26.6 Å². The first-order chi connectivity index (χ1) is 20.6. The van der Waals surface area contributed by atoms with Gasteiger partial charge in [-0.25, -0.2) is 0 Å². The highest BCUT2D eigenvalue weighted by atomic mass is 32.2. The van der Waals surface area contributed by atoms with Crippen molar-refractivity contribution >= 4 is 11.8 Å². The number of ether oxygens (including phenoxy) is 3. The molecule has 9 saturated heterocycles. The molecule has 0 aromatic carbocycles. The molecule has 9 aliphatic heterocycles. The fourth-order valence-corrected chi connectivity index (χ4v) is 9.44. The Hall–Kier alpha value is 0.0300. The van der Waals surface area contributed by atoms with Gasteiger partial charge in [-0.05, 0) is 125 Å². The summed E-state index contributed by atoms with van der Waals surface area (Å²) in [5.74, 6) is 2.82. The molecule has 42 heavy (non-hydrogen) atoms. The van der Waals surface area contributed by atoms with E-state index in [1.807, 2.05) is 0 Å². The van der Waals surface area contributed by atoms with Crippen molar-refractivity contribution in [3.8, 4) is 0 Å². The Balaban J connectivity index is 0.0000000945. The van der Waals surface area contributed by atoms with Crippen LogP contribution in [-0.2, 0) is 14.2 Å². The van der Waals surface area contributed by atoms with Crippen molar-refractivity contribution in [3.05, 3.63) is 0 Å². The average molecular weight is 608 g/mol. The number of hydrogen-bond donors (Lipinski definition) is 5. The van der Waals surface area contributed by atoms with Crippen LogP contribution in [-0.4, -0.2) is 117 Å². The number of piperidine rings is 2. The second kappa shape index (κ2) is 14.6. The average Bonchev–Trinajstić information content (AvgIpc) is 3.48. The van der Waals surface area contributed by atoms with E-state index in [1.54, 1.807) is 0 Å². The molecule has 0 aromatic rings. The van der Waals surface area contributed by atoms with Gasteiger partial charge in [-0.3, -0.25) is 0 Å². The molecule has 5 N–H and O–H groups in total. The van der Waals surface area contributed by atoms with E-state index in [-0.39, 0.29) is 0 Å². The Bertz CT molecular complexity index is 755. The molecular formula is C33H61N5O3S. The minimum atomic E-state index is 0.589. The Morgan fingerprint density at radius 3 is 1.19 bits per heavy atom. The molecule has 0 bridgehead atoms. The second-order valence-electron chi connectivity index (χ2n) is 15.5. The maximum Gasteiger partial charge on any atom is 0.0569 e. The fraction of sp³-hybridized carbons (Fsp3) is 1.00. The van der Waals surface area contributed by atoms with E-state index < -0.39 is 0 Å². The molecule has 1 saturated carbocycles. The van der Waals surface area contributed by atoms with Gasteiger partial charge in [-0.1, -0.05) is 0 Å². The normalized spacial score (nSPS) is 34.9. The molecule has 10 rings (SSSR count). The Kier molecular flexibility index (Phi) is 11.1. The van der Waals surface area contributed by atoms with E-state index in [2.05, 4.69) is 38.3 Å². The van der Waals surface area contributed by atoms with Crippen LogP contribution in [0.4, 0.5) is 0 Å². The van der Waals surface area contributed by atoms with Gasteiger partial charge in [0.25, 0.3) is 0 Å².